The van der Waals surface area contributed by atoms with Crippen molar-refractivity contribution >= 4 is 5.97 Å². The molecule has 2 aromatic rings. The summed E-state index contributed by atoms with van der Waals surface area (Å²) in [5.41, 5.74) is 2.82. The molecule has 0 amide bonds. The summed E-state index contributed by atoms with van der Waals surface area (Å²) in [6, 6.07) is 8.55. The molecule has 3 unspecified atom stereocenters. The summed E-state index contributed by atoms with van der Waals surface area (Å²) in [7, 11) is 0. The van der Waals surface area contributed by atoms with Gasteiger partial charge in [0, 0.05) is 5.92 Å². The molecule has 0 spiro atoms. The molecule has 1 saturated carbocycles. The fourth-order valence-corrected chi connectivity index (χ4v) is 3.55. The number of hydrogen-bond donors (Lipinski definition) is 0. The van der Waals surface area contributed by atoms with Crippen molar-refractivity contribution in [3.05, 3.63) is 47.1 Å². The van der Waals surface area contributed by atoms with Gasteiger partial charge in [-0.15, -0.1) is 0 Å². The van der Waals surface area contributed by atoms with Crippen LogP contribution in [0.3, 0.4) is 0 Å². The summed E-state index contributed by atoms with van der Waals surface area (Å²) in [5, 5.41) is 3.75. The number of ether oxygens (including phenoxy) is 1. The number of aromatic nitrogens is 2. The molecule has 1 fully saturated rings. The zero-order valence-corrected chi connectivity index (χ0v) is 11.8. The average Bonchev–Trinajstić information content (AvgIpc) is 3.05. The predicted molar refractivity (Wildman–Crippen MR) is 74.0 cm³/mol. The smallest absolute Gasteiger partial charge is 0.379 e. The maximum Gasteiger partial charge on any atom is 0.379 e. The van der Waals surface area contributed by atoms with Crippen molar-refractivity contribution in [2.75, 3.05) is 6.61 Å². The molecule has 0 bridgehead atoms. The van der Waals surface area contributed by atoms with Crippen LogP contribution in [0.25, 0.3) is 0 Å². The average molecular weight is 284 g/mol. The van der Waals surface area contributed by atoms with Gasteiger partial charge in [0.25, 0.3) is 5.82 Å². The van der Waals surface area contributed by atoms with Gasteiger partial charge in [-0.05, 0) is 47.9 Å². The van der Waals surface area contributed by atoms with E-state index in [1.54, 1.807) is 6.92 Å². The van der Waals surface area contributed by atoms with Crippen molar-refractivity contribution in [2.24, 2.45) is 5.92 Å². The molecule has 5 nitrogen and oxygen atoms in total. The number of carbonyl (C=O) groups excluding carboxylic acids is 1. The van der Waals surface area contributed by atoms with Gasteiger partial charge >= 0.3 is 5.97 Å². The van der Waals surface area contributed by atoms with Gasteiger partial charge in [-0.1, -0.05) is 24.3 Å². The molecule has 0 saturated heterocycles. The molecule has 5 heteroatoms. The van der Waals surface area contributed by atoms with Crippen molar-refractivity contribution in [1.29, 1.82) is 0 Å². The van der Waals surface area contributed by atoms with Crippen molar-refractivity contribution in [1.82, 2.24) is 10.1 Å². The summed E-state index contributed by atoms with van der Waals surface area (Å²) in [6.07, 6.45) is 2.25. The molecular weight excluding hydrogens is 268 g/mol. The Balaban J connectivity index is 1.59. The van der Waals surface area contributed by atoms with Gasteiger partial charge in [0.1, 0.15) is 0 Å². The maximum atomic E-state index is 11.6. The molecule has 0 aliphatic heterocycles. The summed E-state index contributed by atoms with van der Waals surface area (Å²) in [6.45, 7) is 2.07. The molecular formula is C16H16N2O3. The van der Waals surface area contributed by atoms with Crippen LogP contribution in [-0.2, 0) is 11.2 Å². The highest BCUT2D eigenvalue weighted by Gasteiger charge is 2.56. The Kier molecular flexibility index (Phi) is 2.80. The van der Waals surface area contributed by atoms with E-state index in [2.05, 4.69) is 34.4 Å². The second kappa shape index (κ2) is 4.69. The van der Waals surface area contributed by atoms with Crippen LogP contribution < -0.4 is 0 Å². The standard InChI is InChI=1S/C16H16N2O3/c1-2-20-16(19)14-17-15(21-18-14)13-11-8-7-9-5-3-4-6-10(9)12(11)13/h3-6,11-13H,2,7-8H2,1H3. The Morgan fingerprint density at radius 2 is 2.24 bits per heavy atom. The highest BCUT2D eigenvalue weighted by Crippen LogP contribution is 2.64. The lowest BCUT2D eigenvalue weighted by Crippen LogP contribution is -2.06. The van der Waals surface area contributed by atoms with Crippen molar-refractivity contribution < 1.29 is 14.1 Å². The molecule has 4 rings (SSSR count). The zero-order chi connectivity index (χ0) is 14.4. The van der Waals surface area contributed by atoms with Gasteiger partial charge in [0.15, 0.2) is 0 Å². The van der Waals surface area contributed by atoms with Crippen LogP contribution in [-0.4, -0.2) is 22.7 Å². The fraction of sp³-hybridized carbons (Fsp3) is 0.438. The number of rotatable bonds is 3. The Morgan fingerprint density at radius 3 is 3.10 bits per heavy atom. The molecule has 108 valence electrons. The van der Waals surface area contributed by atoms with Gasteiger partial charge in [-0.2, -0.15) is 4.98 Å². The van der Waals surface area contributed by atoms with E-state index >= 15 is 0 Å². The minimum absolute atomic E-state index is 0.0313. The molecule has 2 aliphatic carbocycles. The molecule has 1 heterocycles. The van der Waals surface area contributed by atoms with Crippen LogP contribution in [0.15, 0.2) is 28.8 Å². The van der Waals surface area contributed by atoms with E-state index in [9.17, 15) is 4.79 Å². The molecule has 0 N–H and O–H groups in total. The van der Waals surface area contributed by atoms with Crippen LogP contribution in [0.4, 0.5) is 0 Å². The summed E-state index contributed by atoms with van der Waals surface area (Å²) in [4.78, 5) is 15.8. The number of esters is 1. The second-order valence-electron chi connectivity index (χ2n) is 5.63. The second-order valence-corrected chi connectivity index (χ2v) is 5.63. The van der Waals surface area contributed by atoms with E-state index in [-0.39, 0.29) is 11.7 Å². The zero-order valence-electron chi connectivity index (χ0n) is 11.8. The summed E-state index contributed by atoms with van der Waals surface area (Å²) >= 11 is 0. The number of benzene rings is 1. The van der Waals surface area contributed by atoms with Gasteiger partial charge in [-0.3, -0.25) is 0 Å². The van der Waals surface area contributed by atoms with E-state index in [1.165, 1.54) is 11.1 Å². The summed E-state index contributed by atoms with van der Waals surface area (Å²) in [5.74, 6) is 1.37. The molecule has 1 aromatic carbocycles. The first kappa shape index (κ1) is 12.6. The SMILES string of the molecule is CCOC(=O)c1noc(C2C3CCc4ccccc4C32)n1. The monoisotopic (exact) mass is 284 g/mol. The van der Waals surface area contributed by atoms with E-state index in [1.807, 2.05) is 0 Å². The summed E-state index contributed by atoms with van der Waals surface area (Å²) < 4.78 is 10.2. The Morgan fingerprint density at radius 1 is 1.38 bits per heavy atom. The molecule has 0 radical (unpaired) electrons. The lowest BCUT2D eigenvalue weighted by atomic mass is 9.92. The predicted octanol–water partition coefficient (Wildman–Crippen LogP) is 2.69. The minimum Gasteiger partial charge on any atom is -0.460 e. The van der Waals surface area contributed by atoms with E-state index in [4.69, 9.17) is 9.26 Å². The molecule has 1 aromatic heterocycles. The quantitative estimate of drug-likeness (QED) is 0.811. The van der Waals surface area contributed by atoms with Crippen LogP contribution in [0.2, 0.25) is 0 Å². The molecule has 21 heavy (non-hydrogen) atoms. The largest absolute Gasteiger partial charge is 0.460 e. The first-order chi connectivity index (χ1) is 10.3. The van der Waals surface area contributed by atoms with Gasteiger partial charge in [0.05, 0.1) is 6.61 Å². The highest BCUT2D eigenvalue weighted by atomic mass is 16.5. The van der Waals surface area contributed by atoms with Gasteiger partial charge < -0.3 is 9.26 Å². The number of nitrogens with zero attached hydrogens (tertiary/aromatic N) is 2. The molecule has 3 atom stereocenters. The van der Waals surface area contributed by atoms with Crippen LogP contribution in [0.1, 0.15) is 52.8 Å². The Hall–Kier alpha value is -2.17. The number of carbonyl (C=O) groups is 1. The Bertz CT molecular complexity index is 694. The first-order valence-corrected chi connectivity index (χ1v) is 7.38. The normalized spacial score (nSPS) is 25.9. The van der Waals surface area contributed by atoms with E-state index in [0.29, 0.717) is 24.3 Å². The highest BCUT2D eigenvalue weighted by molar-refractivity contribution is 5.84. The van der Waals surface area contributed by atoms with Gasteiger partial charge in [-0.25, -0.2) is 4.79 Å². The minimum atomic E-state index is -0.517. The third-order valence-electron chi connectivity index (χ3n) is 4.51. The van der Waals surface area contributed by atoms with Crippen molar-refractivity contribution in [3.63, 3.8) is 0 Å². The van der Waals surface area contributed by atoms with Crippen molar-refractivity contribution in [3.8, 4) is 0 Å². The third kappa shape index (κ3) is 1.95. The van der Waals surface area contributed by atoms with Crippen LogP contribution >= 0.6 is 0 Å². The number of fused-ring (bicyclic) bond motifs is 3. The number of hydrogen-bond acceptors (Lipinski definition) is 5. The third-order valence-corrected chi connectivity index (χ3v) is 4.51. The first-order valence-electron chi connectivity index (χ1n) is 7.38. The van der Waals surface area contributed by atoms with Crippen LogP contribution in [0, 0.1) is 5.92 Å². The van der Waals surface area contributed by atoms with E-state index in [0.717, 1.165) is 12.8 Å². The Labute approximate surface area is 122 Å². The fourth-order valence-electron chi connectivity index (χ4n) is 3.55. The topological polar surface area (TPSA) is 65.2 Å². The molecule has 2 aliphatic rings. The van der Waals surface area contributed by atoms with E-state index < -0.39 is 5.97 Å². The van der Waals surface area contributed by atoms with Crippen molar-refractivity contribution in [2.45, 2.75) is 31.6 Å². The maximum absolute atomic E-state index is 11.6. The van der Waals surface area contributed by atoms with Gasteiger partial charge in [0.2, 0.25) is 5.89 Å². The van der Waals surface area contributed by atoms with Crippen LogP contribution in [0.5, 0.6) is 0 Å². The lowest BCUT2D eigenvalue weighted by Gasteiger charge is -2.13. The lowest BCUT2D eigenvalue weighted by molar-refractivity contribution is 0.0508. The number of aryl methyl sites for hydroxylation is 1.